The van der Waals surface area contributed by atoms with E-state index >= 15 is 0 Å². The van der Waals surface area contributed by atoms with E-state index in [4.69, 9.17) is 10.2 Å². The molecule has 4 heteroatoms. The average molecular weight is 386 g/mol. The van der Waals surface area contributed by atoms with Crippen LogP contribution in [-0.4, -0.2) is 47.3 Å². The molecule has 0 aliphatic carbocycles. The van der Waals surface area contributed by atoms with Gasteiger partial charge in [0.15, 0.2) is 0 Å². The minimum Gasteiger partial charge on any atom is -0.396 e. The van der Waals surface area contributed by atoms with Crippen molar-refractivity contribution in [1.82, 2.24) is 4.90 Å². The van der Waals surface area contributed by atoms with Crippen molar-refractivity contribution >= 4 is 5.91 Å². The molecule has 0 aromatic carbocycles. The second-order valence-electron chi connectivity index (χ2n) is 7.88. The summed E-state index contributed by atoms with van der Waals surface area (Å²) in [6.45, 7) is 3.70. The molecule has 27 heavy (non-hydrogen) atoms. The molecule has 0 fully saturated rings. The van der Waals surface area contributed by atoms with E-state index in [2.05, 4.69) is 6.92 Å². The van der Waals surface area contributed by atoms with Crippen molar-refractivity contribution < 1.29 is 15.0 Å². The molecule has 0 aliphatic heterocycles. The summed E-state index contributed by atoms with van der Waals surface area (Å²) in [5, 5.41) is 17.9. The Labute approximate surface area is 168 Å². The highest BCUT2D eigenvalue weighted by Gasteiger charge is 2.12. The Morgan fingerprint density at radius 3 is 1.33 bits per heavy atom. The first-order chi connectivity index (χ1) is 13.3. The number of hydrogen-bond donors (Lipinski definition) is 2. The van der Waals surface area contributed by atoms with Crippen molar-refractivity contribution in [2.24, 2.45) is 0 Å². The number of hydrogen-bond acceptors (Lipinski definition) is 3. The standard InChI is InChI=1S/C23H47NO3/c1-2-3-4-5-6-7-8-9-10-11-12-13-14-15-18-23(27)24(19-16-21-25)20-17-22-26/h25-26H,2-22H2,1H3. The molecule has 0 bridgehead atoms. The maximum atomic E-state index is 12.2. The summed E-state index contributed by atoms with van der Waals surface area (Å²) in [4.78, 5) is 14.0. The Morgan fingerprint density at radius 2 is 0.963 bits per heavy atom. The highest BCUT2D eigenvalue weighted by atomic mass is 16.3. The van der Waals surface area contributed by atoms with Crippen molar-refractivity contribution in [3.63, 3.8) is 0 Å². The number of amides is 1. The normalized spacial score (nSPS) is 11.1. The molecule has 0 unspecified atom stereocenters. The van der Waals surface area contributed by atoms with Gasteiger partial charge in [-0.2, -0.15) is 0 Å². The minimum absolute atomic E-state index is 0.113. The third kappa shape index (κ3) is 18.5. The van der Waals surface area contributed by atoms with Gasteiger partial charge in [0, 0.05) is 32.7 Å². The van der Waals surface area contributed by atoms with Gasteiger partial charge in [-0.1, -0.05) is 90.4 Å². The lowest BCUT2D eigenvalue weighted by Crippen LogP contribution is -2.33. The maximum Gasteiger partial charge on any atom is 0.222 e. The lowest BCUT2D eigenvalue weighted by molar-refractivity contribution is -0.131. The average Bonchev–Trinajstić information content (AvgIpc) is 2.68. The Morgan fingerprint density at radius 1 is 0.593 bits per heavy atom. The van der Waals surface area contributed by atoms with Crippen LogP contribution in [0.3, 0.4) is 0 Å². The number of aliphatic hydroxyl groups excluding tert-OH is 2. The highest BCUT2D eigenvalue weighted by Crippen LogP contribution is 2.13. The van der Waals surface area contributed by atoms with Crippen molar-refractivity contribution in [1.29, 1.82) is 0 Å². The third-order valence-electron chi connectivity index (χ3n) is 5.27. The second kappa shape index (κ2) is 21.7. The summed E-state index contributed by atoms with van der Waals surface area (Å²) in [5.74, 6) is 0.177. The fourth-order valence-electron chi connectivity index (χ4n) is 3.51. The molecule has 0 heterocycles. The van der Waals surface area contributed by atoms with Gasteiger partial charge in [0.1, 0.15) is 0 Å². The lowest BCUT2D eigenvalue weighted by Gasteiger charge is -2.22. The predicted octanol–water partition coefficient (Wildman–Crippen LogP) is 5.45. The molecular weight excluding hydrogens is 338 g/mol. The van der Waals surface area contributed by atoms with Crippen molar-refractivity contribution in [2.75, 3.05) is 26.3 Å². The van der Waals surface area contributed by atoms with Gasteiger partial charge in [-0.25, -0.2) is 0 Å². The summed E-state index contributed by atoms with van der Waals surface area (Å²) in [6.07, 6.45) is 20.4. The van der Waals surface area contributed by atoms with Gasteiger partial charge in [0.25, 0.3) is 0 Å². The quantitative estimate of drug-likeness (QED) is 0.258. The van der Waals surface area contributed by atoms with E-state index in [-0.39, 0.29) is 19.1 Å². The fourth-order valence-corrected chi connectivity index (χ4v) is 3.51. The van der Waals surface area contributed by atoms with E-state index in [0.29, 0.717) is 32.4 Å². The van der Waals surface area contributed by atoms with E-state index in [1.165, 1.54) is 77.0 Å². The van der Waals surface area contributed by atoms with E-state index < -0.39 is 0 Å². The van der Waals surface area contributed by atoms with Gasteiger partial charge in [-0.3, -0.25) is 4.79 Å². The van der Waals surface area contributed by atoms with Crippen LogP contribution in [0.2, 0.25) is 0 Å². The van der Waals surface area contributed by atoms with Gasteiger partial charge >= 0.3 is 0 Å². The Hall–Kier alpha value is -0.610. The van der Waals surface area contributed by atoms with Crippen LogP contribution < -0.4 is 0 Å². The zero-order valence-corrected chi connectivity index (χ0v) is 18.1. The molecule has 0 aromatic rings. The number of carbonyl (C=O) groups excluding carboxylic acids is 1. The van der Waals surface area contributed by atoms with Crippen molar-refractivity contribution in [3.8, 4) is 0 Å². The van der Waals surface area contributed by atoms with Gasteiger partial charge < -0.3 is 15.1 Å². The molecular formula is C23H47NO3. The van der Waals surface area contributed by atoms with E-state index in [1.54, 1.807) is 4.90 Å². The molecule has 0 saturated carbocycles. The SMILES string of the molecule is CCCCCCCCCCCCCCCCC(=O)N(CCCO)CCCO. The molecule has 0 rings (SSSR count). The Kier molecular flexibility index (Phi) is 21.2. The molecule has 1 amide bonds. The second-order valence-corrected chi connectivity index (χ2v) is 7.88. The van der Waals surface area contributed by atoms with Gasteiger partial charge in [-0.05, 0) is 19.3 Å². The Balaban J connectivity index is 3.44. The van der Waals surface area contributed by atoms with Crippen LogP contribution in [0.4, 0.5) is 0 Å². The lowest BCUT2D eigenvalue weighted by atomic mass is 10.0. The van der Waals surface area contributed by atoms with Crippen molar-refractivity contribution in [2.45, 2.75) is 116 Å². The summed E-state index contributed by atoms with van der Waals surface area (Å²) in [5.41, 5.74) is 0. The van der Waals surface area contributed by atoms with E-state index in [0.717, 1.165) is 12.8 Å². The molecule has 0 radical (unpaired) electrons. The van der Waals surface area contributed by atoms with Crippen LogP contribution >= 0.6 is 0 Å². The topological polar surface area (TPSA) is 60.8 Å². The molecule has 162 valence electrons. The third-order valence-corrected chi connectivity index (χ3v) is 5.27. The highest BCUT2D eigenvalue weighted by molar-refractivity contribution is 5.76. The molecule has 2 N–H and O–H groups in total. The number of carbonyl (C=O) groups is 1. The molecule has 0 aromatic heterocycles. The molecule has 0 spiro atoms. The summed E-state index contributed by atoms with van der Waals surface area (Å²) in [7, 11) is 0. The van der Waals surface area contributed by atoms with Crippen LogP contribution in [0, 0.1) is 0 Å². The van der Waals surface area contributed by atoms with Crippen LogP contribution in [0.15, 0.2) is 0 Å². The maximum absolute atomic E-state index is 12.2. The van der Waals surface area contributed by atoms with Crippen LogP contribution in [0.1, 0.15) is 116 Å². The zero-order chi connectivity index (χ0) is 20.0. The Bertz CT molecular complexity index is 302. The summed E-state index contributed by atoms with van der Waals surface area (Å²) >= 11 is 0. The minimum atomic E-state index is 0.113. The van der Waals surface area contributed by atoms with Crippen LogP contribution in [-0.2, 0) is 4.79 Å². The molecule has 0 saturated heterocycles. The van der Waals surface area contributed by atoms with E-state index in [1.807, 2.05) is 0 Å². The fraction of sp³-hybridized carbons (Fsp3) is 0.957. The monoisotopic (exact) mass is 385 g/mol. The number of nitrogens with zero attached hydrogens (tertiary/aromatic N) is 1. The van der Waals surface area contributed by atoms with Gasteiger partial charge in [-0.15, -0.1) is 0 Å². The molecule has 0 atom stereocenters. The zero-order valence-electron chi connectivity index (χ0n) is 18.1. The van der Waals surface area contributed by atoms with Gasteiger partial charge in [0.05, 0.1) is 0 Å². The molecule has 0 aliphatic rings. The summed E-state index contributed by atoms with van der Waals surface area (Å²) in [6, 6.07) is 0. The predicted molar refractivity (Wildman–Crippen MR) is 115 cm³/mol. The first kappa shape index (κ1) is 26.4. The largest absolute Gasteiger partial charge is 0.396 e. The number of rotatable bonds is 21. The first-order valence-corrected chi connectivity index (χ1v) is 11.8. The smallest absolute Gasteiger partial charge is 0.222 e. The molecule has 4 nitrogen and oxygen atoms in total. The number of unbranched alkanes of at least 4 members (excludes halogenated alkanes) is 13. The van der Waals surface area contributed by atoms with Gasteiger partial charge in [0.2, 0.25) is 5.91 Å². The van der Waals surface area contributed by atoms with Crippen LogP contribution in [0.5, 0.6) is 0 Å². The van der Waals surface area contributed by atoms with Crippen LogP contribution in [0.25, 0.3) is 0 Å². The summed E-state index contributed by atoms with van der Waals surface area (Å²) < 4.78 is 0. The first-order valence-electron chi connectivity index (χ1n) is 11.8. The van der Waals surface area contributed by atoms with E-state index in [9.17, 15) is 4.79 Å². The van der Waals surface area contributed by atoms with Crippen molar-refractivity contribution in [3.05, 3.63) is 0 Å². The number of aliphatic hydroxyl groups is 2.